The molecule has 0 bridgehead atoms. The van der Waals surface area contributed by atoms with E-state index in [4.69, 9.17) is 0 Å². The first kappa shape index (κ1) is 15.6. The highest BCUT2D eigenvalue weighted by molar-refractivity contribution is 5.18. The highest BCUT2D eigenvalue weighted by atomic mass is 19.1. The normalized spacial score (nSPS) is 12.6. The van der Waals surface area contributed by atoms with Crippen LogP contribution in [0.2, 0.25) is 0 Å². The van der Waals surface area contributed by atoms with Gasteiger partial charge < -0.3 is 5.32 Å². The topological polar surface area (TPSA) is 37.8 Å². The van der Waals surface area contributed by atoms with Crippen molar-refractivity contribution in [2.45, 2.75) is 45.7 Å². The summed E-state index contributed by atoms with van der Waals surface area (Å²) < 4.78 is 13.0. The number of pyridine rings is 2. The number of hydrogen-bond donors (Lipinski definition) is 1. The Balaban J connectivity index is 2.17. The number of rotatable bonds is 6. The van der Waals surface area contributed by atoms with Crippen LogP contribution in [0.3, 0.4) is 0 Å². The summed E-state index contributed by atoms with van der Waals surface area (Å²) in [6.07, 6.45) is 4.90. The minimum atomic E-state index is -0.313. The van der Waals surface area contributed by atoms with Crippen molar-refractivity contribution in [3.63, 3.8) is 0 Å². The molecule has 0 aromatic carbocycles. The predicted molar refractivity (Wildman–Crippen MR) is 82.5 cm³/mol. The van der Waals surface area contributed by atoms with Crippen molar-refractivity contribution >= 4 is 0 Å². The fourth-order valence-electron chi connectivity index (χ4n) is 2.24. The molecule has 0 fully saturated rings. The lowest BCUT2D eigenvalue weighted by molar-refractivity contribution is 0.461. The summed E-state index contributed by atoms with van der Waals surface area (Å²) in [7, 11) is 0. The molecule has 4 heteroatoms. The molecule has 1 atom stereocenters. The Morgan fingerprint density at radius 1 is 1.10 bits per heavy atom. The Bertz CT molecular complexity index is 549. The molecule has 0 aliphatic heterocycles. The summed E-state index contributed by atoms with van der Waals surface area (Å²) in [6.45, 7) is 6.29. The van der Waals surface area contributed by atoms with Gasteiger partial charge in [0.25, 0.3) is 0 Å². The summed E-state index contributed by atoms with van der Waals surface area (Å²) >= 11 is 0. The van der Waals surface area contributed by atoms with E-state index in [9.17, 15) is 4.39 Å². The van der Waals surface area contributed by atoms with Gasteiger partial charge in [-0.2, -0.15) is 0 Å². The molecule has 2 aromatic heterocycles. The number of nitrogens with zero attached hydrogens (tertiary/aromatic N) is 2. The van der Waals surface area contributed by atoms with E-state index < -0.39 is 0 Å². The van der Waals surface area contributed by atoms with Crippen LogP contribution in [0.15, 0.2) is 36.7 Å². The standard InChI is InChI=1S/C17H22FN3/c1-4-13-5-7-15(19-10-13)9-17(21-12(2)3)16-8-6-14(18)11-20-16/h5-8,10-12,17,21H,4,9H2,1-3H3. The molecule has 0 amide bonds. The quantitative estimate of drug-likeness (QED) is 0.884. The summed E-state index contributed by atoms with van der Waals surface area (Å²) in [5, 5.41) is 3.47. The summed E-state index contributed by atoms with van der Waals surface area (Å²) in [5.74, 6) is -0.313. The smallest absolute Gasteiger partial charge is 0.141 e. The van der Waals surface area contributed by atoms with Crippen LogP contribution >= 0.6 is 0 Å². The maximum absolute atomic E-state index is 13.0. The van der Waals surface area contributed by atoms with Crippen LogP contribution in [0.25, 0.3) is 0 Å². The molecule has 0 saturated carbocycles. The zero-order chi connectivity index (χ0) is 15.2. The molecule has 21 heavy (non-hydrogen) atoms. The zero-order valence-electron chi connectivity index (χ0n) is 12.8. The first-order chi connectivity index (χ1) is 10.1. The van der Waals surface area contributed by atoms with Crippen molar-refractivity contribution in [2.24, 2.45) is 0 Å². The van der Waals surface area contributed by atoms with E-state index >= 15 is 0 Å². The first-order valence-corrected chi connectivity index (χ1v) is 7.39. The minimum Gasteiger partial charge on any atom is -0.306 e. The van der Waals surface area contributed by atoms with E-state index in [-0.39, 0.29) is 11.9 Å². The summed E-state index contributed by atoms with van der Waals surface area (Å²) in [4.78, 5) is 8.69. The summed E-state index contributed by atoms with van der Waals surface area (Å²) in [5.41, 5.74) is 3.08. The van der Waals surface area contributed by atoms with Gasteiger partial charge in [-0.15, -0.1) is 0 Å². The third kappa shape index (κ3) is 4.60. The van der Waals surface area contributed by atoms with Gasteiger partial charge in [0.05, 0.1) is 17.9 Å². The Morgan fingerprint density at radius 3 is 2.43 bits per heavy atom. The van der Waals surface area contributed by atoms with Crippen molar-refractivity contribution in [1.82, 2.24) is 15.3 Å². The molecule has 112 valence electrons. The molecule has 1 N–H and O–H groups in total. The molecular weight excluding hydrogens is 265 g/mol. The van der Waals surface area contributed by atoms with Crippen LogP contribution in [-0.4, -0.2) is 16.0 Å². The van der Waals surface area contributed by atoms with Gasteiger partial charge in [0.1, 0.15) is 5.82 Å². The minimum absolute atomic E-state index is 0.0329. The molecule has 0 aliphatic rings. The molecule has 3 nitrogen and oxygen atoms in total. The highest BCUT2D eigenvalue weighted by Gasteiger charge is 2.15. The van der Waals surface area contributed by atoms with Gasteiger partial charge in [-0.1, -0.05) is 26.8 Å². The average Bonchev–Trinajstić information content (AvgIpc) is 2.48. The van der Waals surface area contributed by atoms with Crippen molar-refractivity contribution in [1.29, 1.82) is 0 Å². The fraction of sp³-hybridized carbons (Fsp3) is 0.412. The SMILES string of the molecule is CCc1ccc(CC(NC(C)C)c2ccc(F)cn2)nc1. The third-order valence-electron chi connectivity index (χ3n) is 3.35. The van der Waals surface area contributed by atoms with E-state index in [0.29, 0.717) is 6.04 Å². The van der Waals surface area contributed by atoms with Gasteiger partial charge in [-0.3, -0.25) is 9.97 Å². The number of halogens is 1. The lowest BCUT2D eigenvalue weighted by Crippen LogP contribution is -2.30. The lowest BCUT2D eigenvalue weighted by atomic mass is 10.0. The second-order valence-corrected chi connectivity index (χ2v) is 5.49. The second-order valence-electron chi connectivity index (χ2n) is 5.49. The maximum Gasteiger partial charge on any atom is 0.141 e. The molecule has 2 aromatic rings. The van der Waals surface area contributed by atoms with Gasteiger partial charge in [0.2, 0.25) is 0 Å². The van der Waals surface area contributed by atoms with Gasteiger partial charge in [0, 0.05) is 24.4 Å². The molecular formula is C17H22FN3. The van der Waals surface area contributed by atoms with E-state index in [0.717, 1.165) is 24.2 Å². The number of aryl methyl sites for hydroxylation is 1. The highest BCUT2D eigenvalue weighted by Crippen LogP contribution is 2.17. The van der Waals surface area contributed by atoms with Gasteiger partial charge >= 0.3 is 0 Å². The lowest BCUT2D eigenvalue weighted by Gasteiger charge is -2.20. The first-order valence-electron chi connectivity index (χ1n) is 7.39. The Morgan fingerprint density at radius 2 is 1.90 bits per heavy atom. The molecule has 2 rings (SSSR count). The van der Waals surface area contributed by atoms with Gasteiger partial charge in [0.15, 0.2) is 0 Å². The summed E-state index contributed by atoms with van der Waals surface area (Å²) in [6, 6.07) is 7.69. The van der Waals surface area contributed by atoms with Crippen LogP contribution < -0.4 is 5.32 Å². The monoisotopic (exact) mass is 287 g/mol. The van der Waals surface area contributed by atoms with E-state index in [2.05, 4.69) is 48.2 Å². The molecule has 0 spiro atoms. The fourth-order valence-corrected chi connectivity index (χ4v) is 2.24. The van der Waals surface area contributed by atoms with Crippen LogP contribution in [0.4, 0.5) is 4.39 Å². The van der Waals surface area contributed by atoms with Crippen molar-refractivity contribution in [3.05, 3.63) is 59.4 Å². The van der Waals surface area contributed by atoms with Gasteiger partial charge in [-0.05, 0) is 30.2 Å². The van der Waals surface area contributed by atoms with Crippen molar-refractivity contribution < 1.29 is 4.39 Å². The second kappa shape index (κ2) is 7.27. The third-order valence-corrected chi connectivity index (χ3v) is 3.35. The van der Waals surface area contributed by atoms with Crippen LogP contribution in [-0.2, 0) is 12.8 Å². The van der Waals surface area contributed by atoms with Crippen molar-refractivity contribution in [2.75, 3.05) is 0 Å². The van der Waals surface area contributed by atoms with Crippen LogP contribution in [0.5, 0.6) is 0 Å². The Hall–Kier alpha value is -1.81. The molecule has 0 aliphatic carbocycles. The van der Waals surface area contributed by atoms with Gasteiger partial charge in [-0.25, -0.2) is 4.39 Å². The molecule has 0 saturated heterocycles. The molecule has 2 heterocycles. The number of nitrogens with one attached hydrogen (secondary N) is 1. The van der Waals surface area contributed by atoms with Crippen molar-refractivity contribution in [3.8, 4) is 0 Å². The molecule has 1 unspecified atom stereocenters. The number of hydrogen-bond acceptors (Lipinski definition) is 3. The predicted octanol–water partition coefficient (Wildman–Crippen LogP) is 3.46. The molecule has 0 radical (unpaired) electrons. The van der Waals surface area contributed by atoms with E-state index in [1.165, 1.54) is 17.8 Å². The maximum atomic E-state index is 13.0. The zero-order valence-corrected chi connectivity index (χ0v) is 12.8. The Kier molecular flexibility index (Phi) is 5.39. The average molecular weight is 287 g/mol. The van der Waals surface area contributed by atoms with Crippen LogP contribution in [0, 0.1) is 5.82 Å². The number of aromatic nitrogens is 2. The Labute approximate surface area is 125 Å². The van der Waals surface area contributed by atoms with E-state index in [1.54, 1.807) is 6.07 Å². The van der Waals surface area contributed by atoms with E-state index in [1.807, 2.05) is 6.20 Å². The largest absolute Gasteiger partial charge is 0.306 e. The van der Waals surface area contributed by atoms with Crippen LogP contribution in [0.1, 0.15) is 43.8 Å².